The Morgan fingerprint density at radius 3 is 2.28 bits per heavy atom. The molecule has 0 spiro atoms. The fourth-order valence-electron chi connectivity index (χ4n) is 4.62. The van der Waals surface area contributed by atoms with Crippen LogP contribution in [-0.4, -0.2) is 63.9 Å². The molecule has 0 bridgehead atoms. The molecular formula is C28H32N2O8S. The van der Waals surface area contributed by atoms with Crippen LogP contribution in [-0.2, 0) is 10.0 Å². The van der Waals surface area contributed by atoms with Crippen molar-refractivity contribution in [1.29, 1.82) is 0 Å². The third-order valence-corrected chi connectivity index (χ3v) is 8.45. The van der Waals surface area contributed by atoms with E-state index in [0.29, 0.717) is 25.2 Å². The van der Waals surface area contributed by atoms with Gasteiger partial charge < -0.3 is 18.9 Å². The number of piperidine rings is 1. The molecule has 1 aliphatic rings. The van der Waals surface area contributed by atoms with E-state index in [1.807, 2.05) is 55.5 Å². The molecule has 2 N–H and O–H groups in total. The molecule has 0 saturated carbocycles. The second kappa shape index (κ2) is 12.4. The lowest BCUT2D eigenvalue weighted by Crippen LogP contribution is -2.42. The summed E-state index contributed by atoms with van der Waals surface area (Å²) in [7, 11) is -1.44. The summed E-state index contributed by atoms with van der Waals surface area (Å²) < 4.78 is 50.7. The van der Waals surface area contributed by atoms with Gasteiger partial charge in [0.1, 0.15) is 23.2 Å². The lowest BCUT2D eigenvalue weighted by Gasteiger charge is -2.32. The van der Waals surface area contributed by atoms with Crippen LogP contribution in [0.3, 0.4) is 0 Å². The average Bonchev–Trinajstić information content (AvgIpc) is 2.97. The number of sulfonamides is 1. The highest BCUT2D eigenvalue weighted by molar-refractivity contribution is 7.89. The Bertz CT molecular complexity index is 1400. The van der Waals surface area contributed by atoms with Gasteiger partial charge in [0.05, 0.1) is 25.7 Å². The van der Waals surface area contributed by atoms with Crippen LogP contribution in [0.25, 0.3) is 11.1 Å². The highest BCUT2D eigenvalue weighted by atomic mass is 32.2. The van der Waals surface area contributed by atoms with E-state index in [4.69, 9.17) is 18.9 Å². The van der Waals surface area contributed by atoms with Crippen molar-refractivity contribution in [2.24, 2.45) is 0 Å². The number of carbonyl (C=O) groups excluding carboxylic acids is 1. The first-order chi connectivity index (χ1) is 18.8. The van der Waals surface area contributed by atoms with Gasteiger partial charge in [-0.15, -0.1) is 0 Å². The number of ether oxygens (including phenoxy) is 4. The van der Waals surface area contributed by atoms with Crippen molar-refractivity contribution in [2.45, 2.75) is 30.8 Å². The number of hydrogen-bond acceptors (Lipinski definition) is 8. The zero-order chi connectivity index (χ0) is 28.0. The Morgan fingerprint density at radius 2 is 1.67 bits per heavy atom. The van der Waals surface area contributed by atoms with Gasteiger partial charge >= 0.3 is 0 Å². The molecule has 1 saturated heterocycles. The predicted molar refractivity (Wildman–Crippen MR) is 144 cm³/mol. The molecule has 1 aliphatic heterocycles. The van der Waals surface area contributed by atoms with E-state index >= 15 is 0 Å². The van der Waals surface area contributed by atoms with Gasteiger partial charge in [0.25, 0.3) is 5.91 Å². The molecule has 208 valence electrons. The van der Waals surface area contributed by atoms with Crippen molar-refractivity contribution in [3.63, 3.8) is 0 Å². The van der Waals surface area contributed by atoms with Gasteiger partial charge in [-0.2, -0.15) is 4.31 Å². The van der Waals surface area contributed by atoms with Crippen LogP contribution in [0.1, 0.15) is 30.1 Å². The fourth-order valence-corrected chi connectivity index (χ4v) is 6.27. The Labute approximate surface area is 228 Å². The number of nitrogens with zero attached hydrogens (tertiary/aromatic N) is 1. The van der Waals surface area contributed by atoms with Gasteiger partial charge in [-0.25, -0.2) is 13.9 Å². The molecule has 0 atom stereocenters. The molecule has 0 unspecified atom stereocenters. The third kappa shape index (κ3) is 5.95. The van der Waals surface area contributed by atoms with E-state index in [2.05, 4.69) is 0 Å². The van der Waals surface area contributed by atoms with E-state index in [9.17, 15) is 18.4 Å². The predicted octanol–water partition coefficient (Wildman–Crippen LogP) is 4.12. The Kier molecular flexibility index (Phi) is 8.95. The molecule has 11 heteroatoms. The van der Waals surface area contributed by atoms with Crippen LogP contribution in [0.5, 0.6) is 23.0 Å². The van der Waals surface area contributed by atoms with E-state index in [1.54, 1.807) is 0 Å². The van der Waals surface area contributed by atoms with Crippen molar-refractivity contribution >= 4 is 15.9 Å². The first kappa shape index (κ1) is 28.2. The minimum Gasteiger partial charge on any atom is -0.493 e. The SMILES string of the molecule is CCOc1ccccc1-c1ccc(OC2CCN(S(=O)(=O)c3ccc(OC)c(OC)c3C(=O)NO)CC2)cc1. The summed E-state index contributed by atoms with van der Waals surface area (Å²) >= 11 is 0. The Morgan fingerprint density at radius 1 is 0.974 bits per heavy atom. The maximum absolute atomic E-state index is 13.5. The molecule has 0 radical (unpaired) electrons. The number of amides is 1. The summed E-state index contributed by atoms with van der Waals surface area (Å²) in [5.74, 6) is 0.562. The van der Waals surface area contributed by atoms with Crippen LogP contribution in [0.2, 0.25) is 0 Å². The van der Waals surface area contributed by atoms with Crippen molar-refractivity contribution in [3.8, 4) is 34.1 Å². The zero-order valence-electron chi connectivity index (χ0n) is 22.0. The largest absolute Gasteiger partial charge is 0.493 e. The number of benzene rings is 3. The molecule has 0 aliphatic carbocycles. The van der Waals surface area contributed by atoms with Crippen LogP contribution >= 0.6 is 0 Å². The molecular weight excluding hydrogens is 524 g/mol. The second-order valence-electron chi connectivity index (χ2n) is 8.79. The molecule has 0 aromatic heterocycles. The molecule has 1 amide bonds. The van der Waals surface area contributed by atoms with Crippen LogP contribution < -0.4 is 24.4 Å². The monoisotopic (exact) mass is 556 g/mol. The Balaban J connectivity index is 1.46. The first-order valence-corrected chi connectivity index (χ1v) is 14.0. The van der Waals surface area contributed by atoms with E-state index in [0.717, 1.165) is 16.9 Å². The Hall–Kier alpha value is -3.80. The average molecular weight is 557 g/mol. The number of methoxy groups -OCH3 is 2. The molecule has 3 aromatic carbocycles. The lowest BCUT2D eigenvalue weighted by atomic mass is 10.0. The summed E-state index contributed by atoms with van der Waals surface area (Å²) in [6, 6.07) is 18.3. The van der Waals surface area contributed by atoms with E-state index in [-0.39, 0.29) is 41.2 Å². The third-order valence-electron chi connectivity index (χ3n) is 6.51. The maximum Gasteiger partial charge on any atom is 0.279 e. The standard InChI is InChI=1S/C28H32N2O8S/c1-4-37-23-8-6-5-7-22(23)19-9-11-20(12-10-19)38-21-15-17-30(18-16-21)39(33,34)25-14-13-24(35-2)27(36-3)26(25)28(31)29-32/h5-14,21,32H,4,15-18H2,1-3H3,(H,29,31). The number of carbonyl (C=O) groups is 1. The van der Waals surface area contributed by atoms with Crippen LogP contribution in [0, 0.1) is 0 Å². The molecule has 4 rings (SSSR count). The zero-order valence-corrected chi connectivity index (χ0v) is 22.9. The molecule has 1 fully saturated rings. The molecule has 1 heterocycles. The number of para-hydroxylation sites is 1. The van der Waals surface area contributed by atoms with Crippen LogP contribution in [0.4, 0.5) is 0 Å². The highest BCUT2D eigenvalue weighted by Gasteiger charge is 2.35. The topological polar surface area (TPSA) is 124 Å². The number of hydrogen-bond donors (Lipinski definition) is 2. The lowest BCUT2D eigenvalue weighted by molar-refractivity contribution is 0.0698. The van der Waals surface area contributed by atoms with Crippen molar-refractivity contribution < 1.29 is 37.4 Å². The maximum atomic E-state index is 13.5. The minimum absolute atomic E-state index is 0.0873. The highest BCUT2D eigenvalue weighted by Crippen LogP contribution is 2.37. The summed E-state index contributed by atoms with van der Waals surface area (Å²) in [5, 5.41) is 9.24. The molecule has 3 aromatic rings. The van der Waals surface area contributed by atoms with Gasteiger partial charge in [0.15, 0.2) is 11.5 Å². The van der Waals surface area contributed by atoms with Crippen LogP contribution in [0.15, 0.2) is 65.6 Å². The van der Waals surface area contributed by atoms with Crippen molar-refractivity contribution in [2.75, 3.05) is 33.9 Å². The smallest absolute Gasteiger partial charge is 0.279 e. The summed E-state index contributed by atoms with van der Waals surface area (Å²) in [4.78, 5) is 12.1. The summed E-state index contributed by atoms with van der Waals surface area (Å²) in [6.07, 6.45) is 0.745. The summed E-state index contributed by atoms with van der Waals surface area (Å²) in [6.45, 7) is 2.92. The number of nitrogens with one attached hydrogen (secondary N) is 1. The van der Waals surface area contributed by atoms with Crippen molar-refractivity contribution in [1.82, 2.24) is 9.79 Å². The van der Waals surface area contributed by atoms with Gasteiger partial charge in [0.2, 0.25) is 10.0 Å². The molecule has 39 heavy (non-hydrogen) atoms. The normalized spacial score (nSPS) is 14.5. The summed E-state index contributed by atoms with van der Waals surface area (Å²) in [5.41, 5.74) is 3.17. The van der Waals surface area contributed by atoms with Crippen molar-refractivity contribution in [3.05, 3.63) is 66.2 Å². The second-order valence-corrected chi connectivity index (χ2v) is 10.7. The van der Waals surface area contributed by atoms with E-state index in [1.165, 1.54) is 36.1 Å². The van der Waals surface area contributed by atoms with Gasteiger partial charge in [-0.1, -0.05) is 30.3 Å². The molecule has 10 nitrogen and oxygen atoms in total. The van der Waals surface area contributed by atoms with E-state index < -0.39 is 15.9 Å². The van der Waals surface area contributed by atoms with Gasteiger partial charge in [0, 0.05) is 18.7 Å². The quantitative estimate of drug-likeness (QED) is 0.282. The first-order valence-electron chi connectivity index (χ1n) is 12.5. The number of rotatable bonds is 10. The minimum atomic E-state index is -4.09. The fraction of sp³-hybridized carbons (Fsp3) is 0.321. The van der Waals surface area contributed by atoms with Gasteiger partial charge in [-0.05, 0) is 55.7 Å². The number of hydroxylamine groups is 1. The van der Waals surface area contributed by atoms with Gasteiger partial charge in [-0.3, -0.25) is 10.0 Å².